The minimum atomic E-state index is -0.405. The van der Waals surface area contributed by atoms with Crippen LogP contribution in [-0.2, 0) is 13.6 Å². The Morgan fingerprint density at radius 1 is 0.724 bits per heavy atom. The van der Waals surface area contributed by atoms with Gasteiger partial charge in [0.25, 0.3) is 0 Å². The molecule has 0 bridgehead atoms. The van der Waals surface area contributed by atoms with E-state index in [1.54, 1.807) is 0 Å². The maximum Gasteiger partial charge on any atom is 0.0883 e. The highest BCUT2D eigenvalue weighted by atomic mass is 32.4. The van der Waals surface area contributed by atoms with E-state index in [1.165, 1.54) is 83.5 Å². The summed E-state index contributed by atoms with van der Waals surface area (Å²) in [5.41, 5.74) is 0. The van der Waals surface area contributed by atoms with Crippen molar-refractivity contribution in [3.05, 3.63) is 0 Å². The van der Waals surface area contributed by atoms with Gasteiger partial charge < -0.3 is 13.6 Å². The smallest absolute Gasteiger partial charge is 0.0883 e. The minimum Gasteiger partial charge on any atom is -0.360 e. The van der Waals surface area contributed by atoms with Crippen molar-refractivity contribution in [2.45, 2.75) is 128 Å². The largest absolute Gasteiger partial charge is 0.360 e. The molecule has 0 heterocycles. The lowest BCUT2D eigenvalue weighted by Crippen LogP contribution is -2.27. The van der Waals surface area contributed by atoms with E-state index in [0.717, 1.165) is 12.8 Å². The van der Waals surface area contributed by atoms with Crippen LogP contribution in [0, 0.1) is 0 Å². The first-order valence-electron chi connectivity index (χ1n) is 11.5. The molecule has 0 amide bonds. The number of rotatable bonds is 22. The predicted octanol–water partition coefficient (Wildman–Crippen LogP) is 9.18. The molecular formula is C20H48O3P6. The van der Waals surface area contributed by atoms with Gasteiger partial charge in [-0.2, -0.15) is 0 Å². The van der Waals surface area contributed by atoms with Crippen molar-refractivity contribution in [3.8, 4) is 0 Å². The van der Waals surface area contributed by atoms with E-state index in [4.69, 9.17) is 13.6 Å². The second-order valence-corrected chi connectivity index (χ2v) is 15.1. The third kappa shape index (κ3) is 19.6. The zero-order valence-corrected chi connectivity index (χ0v) is 25.3. The standard InChI is InChI=1S/C20H48O3P6/c1-3-5-11-14-18(23-29(26)27)15-12-9-7-8-10-13-17-20(22-28-25)19(21-24)16-6-4-2/h18-20,28H,3-17,24-27H2,1-2H3. The van der Waals surface area contributed by atoms with E-state index in [1.807, 2.05) is 0 Å². The van der Waals surface area contributed by atoms with Gasteiger partial charge in [-0.3, -0.25) is 0 Å². The van der Waals surface area contributed by atoms with Crippen LogP contribution in [0.15, 0.2) is 0 Å². The van der Waals surface area contributed by atoms with Gasteiger partial charge in [-0.15, -0.1) is 0 Å². The molecule has 0 aromatic rings. The molecule has 0 rings (SSSR count). The van der Waals surface area contributed by atoms with Crippen LogP contribution in [0.5, 0.6) is 0 Å². The topological polar surface area (TPSA) is 27.7 Å². The average molecular weight is 522 g/mol. The zero-order valence-electron chi connectivity index (χ0n) is 18.8. The van der Waals surface area contributed by atoms with E-state index in [9.17, 15) is 0 Å². The van der Waals surface area contributed by atoms with E-state index < -0.39 is 7.53 Å². The molecule has 0 N–H and O–H groups in total. The Labute approximate surface area is 194 Å². The zero-order chi connectivity index (χ0) is 21.7. The fraction of sp³-hybridized carbons (Fsp3) is 1.00. The average Bonchev–Trinajstić information content (AvgIpc) is 2.69. The number of hydrogen-bond acceptors (Lipinski definition) is 3. The molecule has 8 unspecified atom stereocenters. The fourth-order valence-corrected chi connectivity index (χ4v) is 6.49. The molecule has 0 aliphatic rings. The second kappa shape index (κ2) is 23.6. The summed E-state index contributed by atoms with van der Waals surface area (Å²) in [7, 11) is 10.8. The van der Waals surface area contributed by atoms with Crippen LogP contribution < -0.4 is 0 Å². The van der Waals surface area contributed by atoms with Crippen LogP contribution in [0.4, 0.5) is 0 Å². The van der Waals surface area contributed by atoms with Crippen LogP contribution >= 0.6 is 52.3 Å². The van der Waals surface area contributed by atoms with Gasteiger partial charge in [0.2, 0.25) is 0 Å². The summed E-state index contributed by atoms with van der Waals surface area (Å²) in [6.07, 6.45) is 19.8. The SMILES string of the molecule is CCCCCC(CCCCCCCCC(OPP)C(CCCC)OP)OP(P)P. The molecule has 0 fully saturated rings. The van der Waals surface area contributed by atoms with Gasteiger partial charge in [-0.1, -0.05) is 111 Å². The van der Waals surface area contributed by atoms with Gasteiger partial charge in [0.15, 0.2) is 0 Å². The summed E-state index contributed by atoms with van der Waals surface area (Å²) < 4.78 is 17.7. The first-order valence-corrected chi connectivity index (χ1v) is 19.2. The van der Waals surface area contributed by atoms with E-state index in [2.05, 4.69) is 50.1 Å². The van der Waals surface area contributed by atoms with Gasteiger partial charge in [0.05, 0.1) is 25.8 Å². The fourth-order valence-electron chi connectivity index (χ4n) is 3.62. The molecule has 0 saturated heterocycles. The highest BCUT2D eigenvalue weighted by Gasteiger charge is 2.21. The van der Waals surface area contributed by atoms with Crippen molar-refractivity contribution >= 4 is 52.3 Å². The summed E-state index contributed by atoms with van der Waals surface area (Å²) in [5, 5.41) is 0. The summed E-state index contributed by atoms with van der Waals surface area (Å²) in [4.78, 5) is 0. The van der Waals surface area contributed by atoms with Crippen LogP contribution in [-0.4, -0.2) is 18.3 Å². The van der Waals surface area contributed by atoms with Gasteiger partial charge >= 0.3 is 0 Å². The van der Waals surface area contributed by atoms with Crippen molar-refractivity contribution in [2.24, 2.45) is 0 Å². The summed E-state index contributed by atoms with van der Waals surface area (Å²) >= 11 is 0. The molecule has 0 spiro atoms. The third-order valence-corrected chi connectivity index (χ3v) is 7.78. The highest BCUT2D eigenvalue weighted by Crippen LogP contribution is 2.55. The van der Waals surface area contributed by atoms with Crippen LogP contribution in [0.25, 0.3) is 0 Å². The molecule has 3 nitrogen and oxygen atoms in total. The normalized spacial score (nSPS) is 15.4. The molecule has 176 valence electrons. The summed E-state index contributed by atoms with van der Waals surface area (Å²) in [5.74, 6) is 0. The molecule has 29 heavy (non-hydrogen) atoms. The van der Waals surface area contributed by atoms with Crippen LogP contribution in [0.3, 0.4) is 0 Å². The summed E-state index contributed by atoms with van der Waals surface area (Å²) in [6, 6.07) is 0. The van der Waals surface area contributed by atoms with Crippen LogP contribution in [0.2, 0.25) is 0 Å². The first kappa shape index (κ1) is 31.5. The Bertz CT molecular complexity index is 339. The van der Waals surface area contributed by atoms with E-state index >= 15 is 0 Å². The van der Waals surface area contributed by atoms with Crippen molar-refractivity contribution in [1.29, 1.82) is 0 Å². The lowest BCUT2D eigenvalue weighted by atomic mass is 10.00. The van der Waals surface area contributed by atoms with Gasteiger partial charge in [0.1, 0.15) is 0 Å². The van der Waals surface area contributed by atoms with Crippen molar-refractivity contribution in [2.75, 3.05) is 0 Å². The lowest BCUT2D eigenvalue weighted by Gasteiger charge is -2.25. The maximum atomic E-state index is 6.11. The number of unbranched alkanes of at least 4 members (excludes halogenated alkanes) is 8. The van der Waals surface area contributed by atoms with Crippen molar-refractivity contribution in [1.82, 2.24) is 0 Å². The predicted molar refractivity (Wildman–Crippen MR) is 149 cm³/mol. The Balaban J connectivity index is 3.91. The van der Waals surface area contributed by atoms with Crippen molar-refractivity contribution in [3.63, 3.8) is 0 Å². The molecule has 0 aromatic heterocycles. The Morgan fingerprint density at radius 3 is 1.76 bits per heavy atom. The van der Waals surface area contributed by atoms with Gasteiger partial charge in [-0.05, 0) is 25.7 Å². The maximum absolute atomic E-state index is 6.11. The molecular weight excluding hydrogens is 474 g/mol. The lowest BCUT2D eigenvalue weighted by molar-refractivity contribution is 0.0655. The third-order valence-electron chi connectivity index (χ3n) is 5.32. The summed E-state index contributed by atoms with van der Waals surface area (Å²) in [6.45, 7) is 4.50. The second-order valence-electron chi connectivity index (χ2n) is 7.87. The molecule has 0 aliphatic carbocycles. The van der Waals surface area contributed by atoms with E-state index in [0.29, 0.717) is 14.6 Å². The monoisotopic (exact) mass is 522 g/mol. The van der Waals surface area contributed by atoms with Crippen molar-refractivity contribution < 1.29 is 13.6 Å². The molecule has 9 heteroatoms. The molecule has 0 saturated carbocycles. The van der Waals surface area contributed by atoms with Crippen LogP contribution in [0.1, 0.15) is 110 Å². The van der Waals surface area contributed by atoms with E-state index in [-0.39, 0.29) is 12.2 Å². The van der Waals surface area contributed by atoms with Gasteiger partial charge in [-0.25, -0.2) is 0 Å². The Hall–Kier alpha value is 2.46. The minimum absolute atomic E-state index is 0.219. The molecule has 8 atom stereocenters. The Kier molecular flexibility index (Phi) is 25.6. The molecule has 0 aromatic carbocycles. The Morgan fingerprint density at radius 2 is 1.24 bits per heavy atom. The first-order chi connectivity index (χ1) is 14.1. The van der Waals surface area contributed by atoms with Gasteiger partial charge in [0, 0.05) is 18.0 Å². The molecule has 0 aliphatic heterocycles. The molecule has 0 radical (unpaired) electrons. The number of hydrogen-bond donors (Lipinski definition) is 0. The highest BCUT2D eigenvalue weighted by molar-refractivity contribution is 8.41. The quantitative estimate of drug-likeness (QED) is 0.105.